The molecule has 4 heteroatoms. The summed E-state index contributed by atoms with van der Waals surface area (Å²) in [5.41, 5.74) is 5.16. The summed E-state index contributed by atoms with van der Waals surface area (Å²) in [6.45, 7) is 4.34. The first kappa shape index (κ1) is 22.7. The van der Waals surface area contributed by atoms with Crippen LogP contribution >= 0.6 is 12.6 Å². The fourth-order valence-corrected chi connectivity index (χ4v) is 4.16. The molecule has 0 fully saturated rings. The van der Waals surface area contributed by atoms with Crippen LogP contribution in [0.25, 0.3) is 22.3 Å². The predicted molar refractivity (Wildman–Crippen MR) is 137 cm³/mol. The number of carbonyl (C=O) groups is 1. The molecule has 4 aromatic rings. The second-order valence-corrected chi connectivity index (χ2v) is 8.54. The molecule has 0 atom stereocenters. The van der Waals surface area contributed by atoms with Crippen molar-refractivity contribution in [1.29, 1.82) is 0 Å². The van der Waals surface area contributed by atoms with Gasteiger partial charge in [0.15, 0.2) is 0 Å². The van der Waals surface area contributed by atoms with Crippen molar-refractivity contribution in [2.24, 2.45) is 0 Å². The average molecular weight is 455 g/mol. The van der Waals surface area contributed by atoms with Crippen LogP contribution in [0, 0.1) is 0 Å². The van der Waals surface area contributed by atoms with Gasteiger partial charge in [-0.1, -0.05) is 74.5 Å². The molecule has 0 N–H and O–H groups in total. The molecule has 0 aliphatic heterocycles. The van der Waals surface area contributed by atoms with E-state index in [0.29, 0.717) is 17.2 Å². The predicted octanol–water partition coefficient (Wildman–Crippen LogP) is 8.01. The Balaban J connectivity index is 1.98. The molecule has 166 valence electrons. The molecular formula is C29H26O3S. The van der Waals surface area contributed by atoms with Crippen LogP contribution in [0.3, 0.4) is 0 Å². The normalized spacial score (nSPS) is 10.8. The van der Waals surface area contributed by atoms with E-state index < -0.39 is 5.97 Å². The summed E-state index contributed by atoms with van der Waals surface area (Å²) in [5.74, 6) is 1.45. The van der Waals surface area contributed by atoms with Gasteiger partial charge in [-0.3, -0.25) is 0 Å². The lowest BCUT2D eigenvalue weighted by Crippen LogP contribution is -2.04. The van der Waals surface area contributed by atoms with Gasteiger partial charge in [0.2, 0.25) is 0 Å². The van der Waals surface area contributed by atoms with E-state index >= 15 is 0 Å². The quantitative estimate of drug-likeness (QED) is 0.237. The Kier molecular flexibility index (Phi) is 6.85. The first-order chi connectivity index (χ1) is 16.0. The minimum Gasteiger partial charge on any atom is -0.465 e. The van der Waals surface area contributed by atoms with Gasteiger partial charge >= 0.3 is 5.97 Å². The topological polar surface area (TPSA) is 35.5 Å². The first-order valence-electron chi connectivity index (χ1n) is 10.9. The average Bonchev–Trinajstić information content (AvgIpc) is 2.85. The van der Waals surface area contributed by atoms with Crippen LogP contribution in [-0.4, -0.2) is 13.1 Å². The zero-order chi connectivity index (χ0) is 23.4. The van der Waals surface area contributed by atoms with Crippen LogP contribution in [0.2, 0.25) is 0 Å². The summed E-state index contributed by atoms with van der Waals surface area (Å²) in [6.07, 6.45) is 0. The molecule has 4 aromatic carbocycles. The van der Waals surface area contributed by atoms with Crippen molar-refractivity contribution in [1.82, 2.24) is 0 Å². The molecule has 0 aliphatic rings. The van der Waals surface area contributed by atoms with Crippen molar-refractivity contribution in [3.63, 3.8) is 0 Å². The smallest absolute Gasteiger partial charge is 0.338 e. The number of carbonyl (C=O) groups excluding carboxylic acids is 1. The van der Waals surface area contributed by atoms with E-state index in [1.54, 1.807) is 6.07 Å². The maximum Gasteiger partial charge on any atom is 0.338 e. The number of para-hydroxylation sites is 1. The van der Waals surface area contributed by atoms with E-state index in [2.05, 4.69) is 38.1 Å². The lowest BCUT2D eigenvalue weighted by atomic mass is 9.90. The van der Waals surface area contributed by atoms with E-state index in [4.69, 9.17) is 22.1 Å². The number of methoxy groups -OCH3 is 1. The minimum atomic E-state index is -0.395. The molecule has 0 saturated carbocycles. The number of ether oxygens (including phenoxy) is 2. The lowest BCUT2D eigenvalue weighted by molar-refractivity contribution is 0.0601. The number of hydrogen-bond acceptors (Lipinski definition) is 4. The Bertz CT molecular complexity index is 1260. The highest BCUT2D eigenvalue weighted by Crippen LogP contribution is 2.45. The molecule has 4 rings (SSSR count). The summed E-state index contributed by atoms with van der Waals surface area (Å²) in [6, 6.07) is 29.4. The number of rotatable bonds is 6. The number of hydrogen-bond donors (Lipinski definition) is 1. The van der Waals surface area contributed by atoms with E-state index in [9.17, 15) is 4.79 Å². The standard InChI is InChI=1S/C29H26O3S/c1-19(2)20-13-15-21(16-14-20)27-25(32-22-9-5-4-6-10-22)17-18-26(33)28(27)23-11-7-8-12-24(23)29(30)31-3/h4-19,33H,1-3H3. The van der Waals surface area contributed by atoms with Crippen molar-refractivity contribution in [2.75, 3.05) is 7.11 Å². The lowest BCUT2D eigenvalue weighted by Gasteiger charge is -2.20. The van der Waals surface area contributed by atoms with E-state index in [1.165, 1.54) is 12.7 Å². The highest BCUT2D eigenvalue weighted by Gasteiger charge is 2.22. The van der Waals surface area contributed by atoms with Gasteiger partial charge in [0.1, 0.15) is 11.5 Å². The van der Waals surface area contributed by atoms with E-state index in [0.717, 1.165) is 32.9 Å². The maximum absolute atomic E-state index is 12.6. The van der Waals surface area contributed by atoms with Crippen molar-refractivity contribution in [3.8, 4) is 33.8 Å². The van der Waals surface area contributed by atoms with Gasteiger partial charge in [-0.2, -0.15) is 0 Å². The second kappa shape index (κ2) is 9.97. The molecule has 0 aliphatic carbocycles. The van der Waals surface area contributed by atoms with Gasteiger partial charge in [-0.05, 0) is 52.9 Å². The summed E-state index contributed by atoms with van der Waals surface area (Å²) in [4.78, 5) is 13.3. The summed E-state index contributed by atoms with van der Waals surface area (Å²) in [5, 5.41) is 0. The van der Waals surface area contributed by atoms with E-state index in [-0.39, 0.29) is 0 Å². The molecule has 0 radical (unpaired) electrons. The van der Waals surface area contributed by atoms with Gasteiger partial charge in [0, 0.05) is 16.0 Å². The molecular weight excluding hydrogens is 428 g/mol. The Labute approximate surface area is 200 Å². The third-order valence-corrected chi connectivity index (χ3v) is 5.96. The number of esters is 1. The molecule has 0 saturated heterocycles. The molecule has 0 unspecified atom stereocenters. The third-order valence-electron chi connectivity index (χ3n) is 5.58. The van der Waals surface area contributed by atoms with Crippen molar-refractivity contribution in [2.45, 2.75) is 24.7 Å². The van der Waals surface area contributed by atoms with E-state index in [1.807, 2.05) is 60.7 Å². The van der Waals surface area contributed by atoms with Crippen LogP contribution in [-0.2, 0) is 4.74 Å². The fraction of sp³-hybridized carbons (Fsp3) is 0.138. The van der Waals surface area contributed by atoms with Gasteiger partial charge < -0.3 is 9.47 Å². The molecule has 0 amide bonds. The fourth-order valence-electron chi connectivity index (χ4n) is 3.86. The van der Waals surface area contributed by atoms with Crippen LogP contribution in [0.15, 0.2) is 95.9 Å². The molecule has 0 spiro atoms. The second-order valence-electron chi connectivity index (χ2n) is 8.06. The number of thiol groups is 1. The third kappa shape index (κ3) is 4.81. The highest BCUT2D eigenvalue weighted by molar-refractivity contribution is 7.80. The van der Waals surface area contributed by atoms with Crippen molar-refractivity contribution in [3.05, 3.63) is 102 Å². The van der Waals surface area contributed by atoms with Gasteiger partial charge in [-0.25, -0.2) is 4.79 Å². The Morgan fingerprint density at radius 2 is 1.45 bits per heavy atom. The van der Waals surface area contributed by atoms with Crippen LogP contribution in [0.1, 0.15) is 35.7 Å². The Morgan fingerprint density at radius 3 is 2.12 bits per heavy atom. The van der Waals surface area contributed by atoms with Crippen LogP contribution in [0.4, 0.5) is 0 Å². The zero-order valence-electron chi connectivity index (χ0n) is 18.9. The van der Waals surface area contributed by atoms with Crippen molar-refractivity contribution < 1.29 is 14.3 Å². The van der Waals surface area contributed by atoms with Gasteiger partial charge in [0.25, 0.3) is 0 Å². The Morgan fingerprint density at radius 1 is 0.788 bits per heavy atom. The zero-order valence-corrected chi connectivity index (χ0v) is 19.8. The minimum absolute atomic E-state index is 0.395. The first-order valence-corrected chi connectivity index (χ1v) is 11.3. The largest absolute Gasteiger partial charge is 0.465 e. The summed E-state index contributed by atoms with van der Waals surface area (Å²) in [7, 11) is 1.39. The van der Waals surface area contributed by atoms with Crippen molar-refractivity contribution >= 4 is 18.6 Å². The summed E-state index contributed by atoms with van der Waals surface area (Å²) >= 11 is 4.79. The Hall–Kier alpha value is -3.50. The van der Waals surface area contributed by atoms with Crippen LogP contribution in [0.5, 0.6) is 11.5 Å². The molecule has 33 heavy (non-hydrogen) atoms. The maximum atomic E-state index is 12.6. The molecule has 0 aromatic heterocycles. The SMILES string of the molecule is COC(=O)c1ccccc1-c1c(S)ccc(Oc2ccccc2)c1-c1ccc(C(C)C)cc1. The van der Waals surface area contributed by atoms with Gasteiger partial charge in [0.05, 0.1) is 12.7 Å². The highest BCUT2D eigenvalue weighted by atomic mass is 32.1. The van der Waals surface area contributed by atoms with Crippen LogP contribution < -0.4 is 4.74 Å². The molecule has 0 heterocycles. The van der Waals surface area contributed by atoms with Gasteiger partial charge in [-0.15, -0.1) is 12.6 Å². The molecule has 3 nitrogen and oxygen atoms in total. The molecule has 0 bridgehead atoms. The monoisotopic (exact) mass is 454 g/mol. The number of benzene rings is 4. The summed E-state index contributed by atoms with van der Waals surface area (Å²) < 4.78 is 11.4.